The van der Waals surface area contributed by atoms with Crippen LogP contribution in [-0.2, 0) is 4.74 Å². The smallest absolute Gasteiger partial charge is 0.343 e. The highest BCUT2D eigenvalue weighted by molar-refractivity contribution is 5.96. The molecule has 0 bridgehead atoms. The number of aromatic nitrogens is 1. The summed E-state index contributed by atoms with van der Waals surface area (Å²) in [6, 6.07) is 4.54. The Hall–Kier alpha value is -3.62. The molecule has 29 heavy (non-hydrogen) atoms. The topological polar surface area (TPSA) is 91.4 Å². The zero-order valence-electron chi connectivity index (χ0n) is 15.8. The Kier molecular flexibility index (Phi) is 5.15. The molecule has 2 aromatic carbocycles. The summed E-state index contributed by atoms with van der Waals surface area (Å²) in [5, 5.41) is 11.1. The molecule has 9 heteroatoms. The van der Waals surface area contributed by atoms with E-state index in [0.29, 0.717) is 11.3 Å². The summed E-state index contributed by atoms with van der Waals surface area (Å²) in [4.78, 5) is 35.6. The highest BCUT2D eigenvalue weighted by atomic mass is 19.1. The maximum Gasteiger partial charge on any atom is 0.343 e. The van der Waals surface area contributed by atoms with E-state index in [1.807, 2.05) is 0 Å². The largest absolute Gasteiger partial charge is 0.462 e. The van der Waals surface area contributed by atoms with Crippen LogP contribution in [0.2, 0.25) is 0 Å². The molecular weight excluding hydrogens is 386 g/mol. The number of halogens is 2. The standard InChI is InChI=1S/C20H16F2N2O5/c1-4-29-20(26)14-9-23(16-6-5-12(21)7-10(16)2)17-11(3)18(24(27)28)15(22)8-13(17)19(14)25/h5-9H,4H2,1-3H3. The lowest BCUT2D eigenvalue weighted by Crippen LogP contribution is -2.21. The second-order valence-corrected chi connectivity index (χ2v) is 6.38. The predicted molar refractivity (Wildman–Crippen MR) is 102 cm³/mol. The van der Waals surface area contributed by atoms with Crippen LogP contribution in [-0.4, -0.2) is 22.1 Å². The number of aryl methyl sites for hydroxylation is 2. The van der Waals surface area contributed by atoms with E-state index in [2.05, 4.69) is 0 Å². The van der Waals surface area contributed by atoms with Gasteiger partial charge in [0.2, 0.25) is 11.2 Å². The molecule has 0 saturated heterocycles. The Balaban J connectivity index is 2.54. The van der Waals surface area contributed by atoms with Crippen molar-refractivity contribution in [3.05, 3.63) is 79.1 Å². The van der Waals surface area contributed by atoms with Crippen LogP contribution in [0.1, 0.15) is 28.4 Å². The highest BCUT2D eigenvalue weighted by Crippen LogP contribution is 2.31. The first-order chi connectivity index (χ1) is 13.7. The minimum atomic E-state index is -1.19. The number of ether oxygens (including phenoxy) is 1. The average Bonchev–Trinajstić information content (AvgIpc) is 2.62. The van der Waals surface area contributed by atoms with Crippen molar-refractivity contribution in [2.45, 2.75) is 20.8 Å². The Morgan fingerprint density at radius 1 is 1.24 bits per heavy atom. The van der Waals surface area contributed by atoms with Crippen molar-refractivity contribution in [2.24, 2.45) is 0 Å². The summed E-state index contributed by atoms with van der Waals surface area (Å²) < 4.78 is 34.2. The number of nitro groups is 1. The third-order valence-electron chi connectivity index (χ3n) is 4.55. The van der Waals surface area contributed by atoms with Gasteiger partial charge in [-0.15, -0.1) is 0 Å². The van der Waals surface area contributed by atoms with E-state index in [9.17, 15) is 28.5 Å². The van der Waals surface area contributed by atoms with Crippen molar-refractivity contribution >= 4 is 22.6 Å². The van der Waals surface area contributed by atoms with Gasteiger partial charge < -0.3 is 9.30 Å². The van der Waals surface area contributed by atoms with Gasteiger partial charge in [0, 0.05) is 11.9 Å². The van der Waals surface area contributed by atoms with Crippen LogP contribution >= 0.6 is 0 Å². The highest BCUT2D eigenvalue weighted by Gasteiger charge is 2.26. The number of nitrogens with zero attached hydrogens (tertiary/aromatic N) is 2. The zero-order valence-corrected chi connectivity index (χ0v) is 15.8. The molecule has 150 valence electrons. The van der Waals surface area contributed by atoms with Crippen LogP contribution in [0.15, 0.2) is 35.3 Å². The summed E-state index contributed by atoms with van der Waals surface area (Å²) >= 11 is 0. The number of rotatable bonds is 4. The molecule has 0 aliphatic carbocycles. The molecule has 3 rings (SSSR count). The van der Waals surface area contributed by atoms with E-state index in [0.717, 1.165) is 6.07 Å². The molecule has 1 aromatic heterocycles. The number of benzene rings is 2. The van der Waals surface area contributed by atoms with Gasteiger partial charge in [-0.1, -0.05) is 0 Å². The van der Waals surface area contributed by atoms with Gasteiger partial charge in [-0.25, -0.2) is 9.18 Å². The first-order valence-electron chi connectivity index (χ1n) is 8.63. The van der Waals surface area contributed by atoms with Gasteiger partial charge in [-0.05, 0) is 50.6 Å². The Morgan fingerprint density at radius 2 is 1.93 bits per heavy atom. The lowest BCUT2D eigenvalue weighted by atomic mass is 10.0. The molecular formula is C20H16F2N2O5. The van der Waals surface area contributed by atoms with Crippen LogP contribution in [0.4, 0.5) is 14.5 Å². The minimum absolute atomic E-state index is 0.0134. The number of hydrogen-bond acceptors (Lipinski definition) is 5. The number of esters is 1. The van der Waals surface area contributed by atoms with Crippen LogP contribution in [0.25, 0.3) is 16.6 Å². The van der Waals surface area contributed by atoms with Gasteiger partial charge in [0.05, 0.1) is 28.0 Å². The van der Waals surface area contributed by atoms with Crippen molar-refractivity contribution in [2.75, 3.05) is 6.61 Å². The Labute approximate surface area is 163 Å². The molecule has 0 amide bonds. The maximum absolute atomic E-state index is 14.4. The number of nitro benzene ring substituents is 1. The molecule has 1 heterocycles. The number of pyridine rings is 1. The molecule has 0 radical (unpaired) electrons. The van der Waals surface area contributed by atoms with E-state index in [-0.39, 0.29) is 28.6 Å². The van der Waals surface area contributed by atoms with E-state index in [1.165, 1.54) is 35.9 Å². The van der Waals surface area contributed by atoms with Crippen molar-refractivity contribution in [3.63, 3.8) is 0 Å². The maximum atomic E-state index is 14.4. The summed E-state index contributed by atoms with van der Waals surface area (Å²) in [5.41, 5.74) is -1.20. The molecule has 0 atom stereocenters. The van der Waals surface area contributed by atoms with E-state index >= 15 is 0 Å². The van der Waals surface area contributed by atoms with Crippen molar-refractivity contribution in [1.82, 2.24) is 4.57 Å². The van der Waals surface area contributed by atoms with Crippen LogP contribution < -0.4 is 5.43 Å². The number of fused-ring (bicyclic) bond motifs is 1. The lowest BCUT2D eigenvalue weighted by Gasteiger charge is -2.17. The molecule has 0 spiro atoms. The molecule has 0 saturated carbocycles. The van der Waals surface area contributed by atoms with E-state index in [1.54, 1.807) is 13.8 Å². The molecule has 7 nitrogen and oxygen atoms in total. The number of hydrogen-bond donors (Lipinski definition) is 0. The van der Waals surface area contributed by atoms with E-state index < -0.39 is 33.6 Å². The molecule has 0 fully saturated rings. The third kappa shape index (κ3) is 3.35. The molecule has 0 aliphatic rings. The van der Waals surface area contributed by atoms with Crippen LogP contribution in [0.5, 0.6) is 0 Å². The second kappa shape index (κ2) is 7.42. The van der Waals surface area contributed by atoms with Crippen LogP contribution in [0, 0.1) is 35.6 Å². The van der Waals surface area contributed by atoms with Crippen molar-refractivity contribution in [3.8, 4) is 5.69 Å². The monoisotopic (exact) mass is 402 g/mol. The second-order valence-electron chi connectivity index (χ2n) is 6.38. The predicted octanol–water partition coefficient (Wildman–Crippen LogP) is 3.97. The SMILES string of the molecule is CCOC(=O)c1cn(-c2ccc(F)cc2C)c2c(C)c([N+](=O)[O-])c(F)cc2c1=O. The Morgan fingerprint density at radius 3 is 2.52 bits per heavy atom. The van der Waals surface area contributed by atoms with Gasteiger partial charge >= 0.3 is 11.7 Å². The fourth-order valence-electron chi connectivity index (χ4n) is 3.30. The fraction of sp³-hybridized carbons (Fsp3) is 0.200. The van der Waals surface area contributed by atoms with Gasteiger partial charge in [-0.2, -0.15) is 4.39 Å². The Bertz CT molecular complexity index is 1230. The number of carbonyl (C=O) groups is 1. The molecule has 0 N–H and O–H groups in total. The first-order valence-corrected chi connectivity index (χ1v) is 8.63. The molecule has 3 aromatic rings. The normalized spacial score (nSPS) is 10.9. The van der Waals surface area contributed by atoms with Gasteiger partial charge in [0.15, 0.2) is 0 Å². The third-order valence-corrected chi connectivity index (χ3v) is 4.55. The van der Waals surface area contributed by atoms with Gasteiger partial charge in [0.1, 0.15) is 11.4 Å². The first kappa shape index (κ1) is 20.1. The van der Waals surface area contributed by atoms with E-state index in [4.69, 9.17) is 4.74 Å². The zero-order chi connectivity index (χ0) is 21.5. The van der Waals surface area contributed by atoms with Gasteiger partial charge in [-0.3, -0.25) is 14.9 Å². The van der Waals surface area contributed by atoms with Crippen LogP contribution in [0.3, 0.4) is 0 Å². The summed E-state index contributed by atoms with van der Waals surface area (Å²) in [6.45, 7) is 4.48. The van der Waals surface area contributed by atoms with Crippen molar-refractivity contribution < 1.29 is 23.2 Å². The summed E-state index contributed by atoms with van der Waals surface area (Å²) in [7, 11) is 0. The molecule has 0 aliphatic heterocycles. The number of carbonyl (C=O) groups excluding carboxylic acids is 1. The lowest BCUT2D eigenvalue weighted by molar-refractivity contribution is -0.388. The minimum Gasteiger partial charge on any atom is -0.462 e. The van der Waals surface area contributed by atoms with Gasteiger partial charge in [0.25, 0.3) is 0 Å². The van der Waals surface area contributed by atoms with Crippen molar-refractivity contribution in [1.29, 1.82) is 0 Å². The summed E-state index contributed by atoms with van der Waals surface area (Å²) in [5.74, 6) is -2.61. The fourth-order valence-corrected chi connectivity index (χ4v) is 3.30. The quantitative estimate of drug-likeness (QED) is 0.374. The summed E-state index contributed by atoms with van der Waals surface area (Å²) in [6.07, 6.45) is 1.18. The molecule has 0 unspecified atom stereocenters. The average molecular weight is 402 g/mol.